The predicted octanol–water partition coefficient (Wildman–Crippen LogP) is -0.275. The van der Waals surface area contributed by atoms with Gasteiger partial charge in [0, 0.05) is 23.8 Å². The lowest BCUT2D eigenvalue weighted by molar-refractivity contribution is 0.627. The van der Waals surface area contributed by atoms with Gasteiger partial charge >= 0.3 is 0 Å². The summed E-state index contributed by atoms with van der Waals surface area (Å²) in [6.45, 7) is 0.266. The zero-order chi connectivity index (χ0) is 9.97. The number of hydrogen-bond donors (Lipinski definition) is 1. The molecular formula is C7H7N5OS. The lowest BCUT2D eigenvalue weighted by atomic mass is 10.4. The van der Waals surface area contributed by atoms with Gasteiger partial charge < -0.3 is 5.73 Å². The number of nitrogen functional groups attached to an aromatic ring is 1. The van der Waals surface area contributed by atoms with Crippen molar-refractivity contribution in [1.29, 1.82) is 0 Å². The molecule has 0 bridgehead atoms. The van der Waals surface area contributed by atoms with Gasteiger partial charge in [-0.05, 0) is 6.07 Å². The van der Waals surface area contributed by atoms with Gasteiger partial charge in [-0.15, -0.1) is 5.10 Å². The molecule has 0 aromatic carbocycles. The molecule has 0 aliphatic carbocycles. The monoisotopic (exact) mass is 209 g/mol. The van der Waals surface area contributed by atoms with Crippen molar-refractivity contribution in [1.82, 2.24) is 19.4 Å². The number of hydrogen-bond acceptors (Lipinski definition) is 6. The van der Waals surface area contributed by atoms with Crippen LogP contribution in [0.2, 0.25) is 0 Å². The summed E-state index contributed by atoms with van der Waals surface area (Å²) in [6.07, 6.45) is 1.54. The van der Waals surface area contributed by atoms with E-state index in [1.807, 2.05) is 0 Å². The first-order valence-electron chi connectivity index (χ1n) is 3.86. The van der Waals surface area contributed by atoms with Crippen LogP contribution >= 0.6 is 11.5 Å². The van der Waals surface area contributed by atoms with Crippen LogP contribution in [0.25, 0.3) is 0 Å². The lowest BCUT2D eigenvalue weighted by Gasteiger charge is -1.99. The van der Waals surface area contributed by atoms with Crippen LogP contribution in [0.4, 0.5) is 5.00 Å². The predicted molar refractivity (Wildman–Crippen MR) is 51.9 cm³/mol. The van der Waals surface area contributed by atoms with Crippen molar-refractivity contribution in [2.75, 3.05) is 5.73 Å². The first-order chi connectivity index (χ1) is 6.77. The van der Waals surface area contributed by atoms with E-state index in [0.29, 0.717) is 10.7 Å². The molecule has 0 spiro atoms. The third-order valence-electron chi connectivity index (χ3n) is 1.67. The maximum atomic E-state index is 11.3. The molecule has 0 aliphatic heterocycles. The summed E-state index contributed by atoms with van der Waals surface area (Å²) >= 11 is 1.10. The number of rotatable bonds is 2. The topological polar surface area (TPSA) is 86.7 Å². The van der Waals surface area contributed by atoms with Gasteiger partial charge in [0.15, 0.2) is 0 Å². The van der Waals surface area contributed by atoms with E-state index in [1.165, 1.54) is 16.9 Å². The van der Waals surface area contributed by atoms with E-state index in [-0.39, 0.29) is 12.1 Å². The molecule has 2 aromatic rings. The summed E-state index contributed by atoms with van der Waals surface area (Å²) in [5.74, 6) is 0. The van der Waals surface area contributed by atoms with E-state index in [2.05, 4.69) is 14.7 Å². The SMILES string of the molecule is Nc1snnc1Cn1ncccc1=O. The second-order valence-electron chi connectivity index (χ2n) is 2.60. The van der Waals surface area contributed by atoms with Crippen LogP contribution < -0.4 is 11.3 Å². The lowest BCUT2D eigenvalue weighted by Crippen LogP contribution is -2.22. The normalized spacial score (nSPS) is 10.3. The Bertz CT molecular complexity index is 491. The summed E-state index contributed by atoms with van der Waals surface area (Å²) < 4.78 is 4.96. The second kappa shape index (κ2) is 3.54. The zero-order valence-electron chi connectivity index (χ0n) is 7.12. The molecular weight excluding hydrogens is 202 g/mol. The first-order valence-corrected chi connectivity index (χ1v) is 4.63. The minimum atomic E-state index is -0.181. The highest BCUT2D eigenvalue weighted by atomic mass is 32.1. The minimum absolute atomic E-state index is 0.181. The molecule has 0 saturated heterocycles. The van der Waals surface area contributed by atoms with Crippen LogP contribution in [-0.4, -0.2) is 19.4 Å². The zero-order valence-corrected chi connectivity index (χ0v) is 7.94. The van der Waals surface area contributed by atoms with Gasteiger partial charge in [-0.3, -0.25) is 4.79 Å². The maximum absolute atomic E-state index is 11.3. The Hall–Kier alpha value is -1.76. The summed E-state index contributed by atoms with van der Waals surface area (Å²) in [4.78, 5) is 11.3. The Labute approximate surface area is 83.2 Å². The van der Waals surface area contributed by atoms with Crippen molar-refractivity contribution in [3.8, 4) is 0 Å². The fourth-order valence-electron chi connectivity index (χ4n) is 0.973. The molecule has 0 aliphatic rings. The average Bonchev–Trinajstić information content (AvgIpc) is 2.56. The molecule has 0 saturated carbocycles. The number of nitrogens with two attached hydrogens (primary N) is 1. The Kier molecular flexibility index (Phi) is 2.23. The Balaban J connectivity index is 2.32. The number of nitrogens with zero attached hydrogens (tertiary/aromatic N) is 4. The molecule has 0 radical (unpaired) electrons. The standard InChI is InChI=1S/C7H7N5OS/c8-7-5(10-11-14-7)4-12-6(13)2-1-3-9-12/h1-3H,4,8H2. The molecule has 0 unspecified atom stereocenters. The molecule has 2 rings (SSSR count). The molecule has 0 amide bonds. The van der Waals surface area contributed by atoms with E-state index >= 15 is 0 Å². The van der Waals surface area contributed by atoms with Gasteiger partial charge in [0.2, 0.25) is 0 Å². The highest BCUT2D eigenvalue weighted by Crippen LogP contribution is 2.12. The van der Waals surface area contributed by atoms with Gasteiger partial charge in [-0.25, -0.2) is 4.68 Å². The van der Waals surface area contributed by atoms with Gasteiger partial charge in [-0.2, -0.15) is 5.10 Å². The third-order valence-corrected chi connectivity index (χ3v) is 2.27. The van der Waals surface area contributed by atoms with Gasteiger partial charge in [-0.1, -0.05) is 4.49 Å². The minimum Gasteiger partial charge on any atom is -0.388 e. The molecule has 0 fully saturated rings. The van der Waals surface area contributed by atoms with Crippen molar-refractivity contribution in [2.45, 2.75) is 6.54 Å². The Morgan fingerprint density at radius 1 is 1.57 bits per heavy atom. The highest BCUT2D eigenvalue weighted by molar-refractivity contribution is 7.09. The van der Waals surface area contributed by atoms with Crippen molar-refractivity contribution in [3.63, 3.8) is 0 Å². The van der Waals surface area contributed by atoms with Crippen LogP contribution in [-0.2, 0) is 6.54 Å². The summed E-state index contributed by atoms with van der Waals surface area (Å²) in [5, 5.41) is 8.19. The van der Waals surface area contributed by atoms with E-state index < -0.39 is 0 Å². The molecule has 0 atom stereocenters. The van der Waals surface area contributed by atoms with Crippen LogP contribution in [0.5, 0.6) is 0 Å². The van der Waals surface area contributed by atoms with Crippen molar-refractivity contribution < 1.29 is 0 Å². The molecule has 2 aromatic heterocycles. The largest absolute Gasteiger partial charge is 0.388 e. The molecule has 7 heteroatoms. The van der Waals surface area contributed by atoms with Crippen LogP contribution in [0.15, 0.2) is 23.1 Å². The van der Waals surface area contributed by atoms with Crippen molar-refractivity contribution >= 4 is 16.5 Å². The van der Waals surface area contributed by atoms with Crippen molar-refractivity contribution in [3.05, 3.63) is 34.4 Å². The van der Waals surface area contributed by atoms with Crippen LogP contribution in [0, 0.1) is 0 Å². The summed E-state index contributed by atoms with van der Waals surface area (Å²) in [7, 11) is 0. The van der Waals surface area contributed by atoms with E-state index in [0.717, 1.165) is 11.5 Å². The molecule has 2 heterocycles. The fourth-order valence-corrected chi connectivity index (χ4v) is 1.41. The molecule has 2 N–H and O–H groups in total. The fraction of sp³-hybridized carbons (Fsp3) is 0.143. The quantitative estimate of drug-likeness (QED) is 0.735. The number of aromatic nitrogens is 4. The smallest absolute Gasteiger partial charge is 0.267 e. The summed E-state index contributed by atoms with van der Waals surface area (Å²) in [5.41, 5.74) is 5.99. The van der Waals surface area contributed by atoms with E-state index in [9.17, 15) is 4.79 Å². The summed E-state index contributed by atoms with van der Waals surface area (Å²) in [6, 6.07) is 3.02. The highest BCUT2D eigenvalue weighted by Gasteiger charge is 2.05. The van der Waals surface area contributed by atoms with Gasteiger partial charge in [0.05, 0.1) is 6.54 Å². The van der Waals surface area contributed by atoms with Crippen LogP contribution in [0.3, 0.4) is 0 Å². The molecule has 6 nitrogen and oxygen atoms in total. The first kappa shape index (κ1) is 8.82. The molecule has 14 heavy (non-hydrogen) atoms. The number of anilines is 1. The van der Waals surface area contributed by atoms with E-state index in [1.54, 1.807) is 6.07 Å². The van der Waals surface area contributed by atoms with Crippen LogP contribution in [0.1, 0.15) is 5.69 Å². The Morgan fingerprint density at radius 2 is 2.43 bits per heavy atom. The molecule has 72 valence electrons. The van der Waals surface area contributed by atoms with Gasteiger partial charge in [0.1, 0.15) is 10.7 Å². The third kappa shape index (κ3) is 1.62. The van der Waals surface area contributed by atoms with E-state index in [4.69, 9.17) is 5.73 Å². The van der Waals surface area contributed by atoms with Gasteiger partial charge in [0.25, 0.3) is 5.56 Å². The maximum Gasteiger partial charge on any atom is 0.267 e. The average molecular weight is 209 g/mol. The second-order valence-corrected chi connectivity index (χ2v) is 3.39. The van der Waals surface area contributed by atoms with Crippen molar-refractivity contribution in [2.24, 2.45) is 0 Å². The Morgan fingerprint density at radius 3 is 3.07 bits per heavy atom.